The largest absolute Gasteiger partial charge is 0.495 e. The first-order valence-electron chi connectivity index (χ1n) is 9.60. The first-order valence-corrected chi connectivity index (χ1v) is 9.60. The minimum atomic E-state index is -0.457. The number of hydrogen-bond donors (Lipinski definition) is 0. The molecule has 1 saturated heterocycles. The molecule has 0 amide bonds. The number of ether oxygens (including phenoxy) is 3. The summed E-state index contributed by atoms with van der Waals surface area (Å²) in [5, 5.41) is 0. The minimum Gasteiger partial charge on any atom is -0.457 e. The summed E-state index contributed by atoms with van der Waals surface area (Å²) in [4.78, 5) is 0. The third-order valence-corrected chi connectivity index (χ3v) is 5.32. The number of rotatable bonds is 8. The summed E-state index contributed by atoms with van der Waals surface area (Å²) < 4.78 is 29.0. The van der Waals surface area contributed by atoms with Gasteiger partial charge in [0.2, 0.25) is 0 Å². The molecule has 2 aromatic rings. The average molecular weight is 384 g/mol. The van der Waals surface area contributed by atoms with E-state index in [1.54, 1.807) is 7.11 Å². The summed E-state index contributed by atoms with van der Waals surface area (Å²) in [6.45, 7) is 9.05. The Labute approximate surface area is 168 Å². The second-order valence-corrected chi connectivity index (χ2v) is 7.93. The van der Waals surface area contributed by atoms with Gasteiger partial charge in [0.25, 0.3) is 0 Å². The third-order valence-electron chi connectivity index (χ3n) is 5.32. The monoisotopic (exact) mass is 384 g/mol. The summed E-state index contributed by atoms with van der Waals surface area (Å²) in [5.74, 6) is 1.54. The van der Waals surface area contributed by atoms with Crippen LogP contribution >= 0.6 is 0 Å². The predicted molar refractivity (Wildman–Crippen MR) is 110 cm³/mol. The van der Waals surface area contributed by atoms with Gasteiger partial charge in [-0.15, -0.1) is 0 Å². The smallest absolute Gasteiger partial charge is 0.457 e. The van der Waals surface area contributed by atoms with E-state index in [1.165, 1.54) is 0 Å². The van der Waals surface area contributed by atoms with Crippen molar-refractivity contribution in [3.8, 4) is 11.5 Å². The molecule has 0 aromatic heterocycles. The highest BCUT2D eigenvalue weighted by Crippen LogP contribution is 2.37. The van der Waals surface area contributed by atoms with Gasteiger partial charge in [0.05, 0.1) is 17.8 Å². The van der Waals surface area contributed by atoms with Crippen LogP contribution < -0.4 is 10.2 Å². The quantitative estimate of drug-likeness (QED) is 0.392. The van der Waals surface area contributed by atoms with Gasteiger partial charge in [-0.05, 0) is 69.4 Å². The Morgan fingerprint density at radius 1 is 0.893 bits per heavy atom. The van der Waals surface area contributed by atoms with Crippen LogP contribution in [-0.4, -0.2) is 38.8 Å². The van der Waals surface area contributed by atoms with Crippen molar-refractivity contribution >= 4 is 12.6 Å². The highest BCUT2D eigenvalue weighted by molar-refractivity contribution is 6.62. The summed E-state index contributed by atoms with van der Waals surface area (Å²) >= 11 is 0. The SMILES string of the molecule is COCOCCc1ccc(Oc2ccccc2)cc1B1OC(C)(C)C(C)(C)O1. The predicted octanol–water partition coefficient (Wildman–Crippen LogP) is 3.94. The molecule has 3 rings (SSSR count). The maximum absolute atomic E-state index is 6.28. The van der Waals surface area contributed by atoms with E-state index in [2.05, 4.69) is 33.8 Å². The van der Waals surface area contributed by atoms with Crippen LogP contribution in [0.4, 0.5) is 0 Å². The van der Waals surface area contributed by atoms with Gasteiger partial charge in [-0.25, -0.2) is 0 Å². The molecule has 28 heavy (non-hydrogen) atoms. The van der Waals surface area contributed by atoms with E-state index in [0.29, 0.717) is 6.61 Å². The van der Waals surface area contributed by atoms with Crippen molar-refractivity contribution in [1.29, 1.82) is 0 Å². The molecule has 150 valence electrons. The lowest BCUT2D eigenvalue weighted by molar-refractivity contribution is -0.0291. The van der Waals surface area contributed by atoms with Gasteiger partial charge in [0.15, 0.2) is 0 Å². The first-order chi connectivity index (χ1) is 13.3. The lowest BCUT2D eigenvalue weighted by atomic mass is 9.75. The van der Waals surface area contributed by atoms with E-state index in [4.69, 9.17) is 23.5 Å². The van der Waals surface area contributed by atoms with Crippen molar-refractivity contribution in [2.75, 3.05) is 20.5 Å². The van der Waals surface area contributed by atoms with Crippen LogP contribution in [0.15, 0.2) is 48.5 Å². The molecule has 1 heterocycles. The molecule has 0 atom stereocenters. The fourth-order valence-electron chi connectivity index (χ4n) is 3.00. The van der Waals surface area contributed by atoms with Gasteiger partial charge in [0.1, 0.15) is 18.3 Å². The van der Waals surface area contributed by atoms with Crippen molar-refractivity contribution in [1.82, 2.24) is 0 Å². The van der Waals surface area contributed by atoms with Gasteiger partial charge in [-0.1, -0.05) is 24.3 Å². The molecule has 0 unspecified atom stereocenters. The Kier molecular flexibility index (Phi) is 6.45. The summed E-state index contributed by atoms with van der Waals surface area (Å²) in [5.41, 5.74) is 1.26. The number of benzene rings is 2. The molecule has 0 aliphatic carbocycles. The molecular weight excluding hydrogens is 355 g/mol. The van der Waals surface area contributed by atoms with Crippen LogP contribution in [0.2, 0.25) is 0 Å². The Morgan fingerprint density at radius 3 is 2.21 bits per heavy atom. The maximum Gasteiger partial charge on any atom is 0.495 e. The van der Waals surface area contributed by atoms with Crippen molar-refractivity contribution in [3.63, 3.8) is 0 Å². The molecule has 0 N–H and O–H groups in total. The fraction of sp³-hybridized carbons (Fsp3) is 0.455. The normalized spacial score (nSPS) is 17.7. The Bertz CT molecular complexity index is 760. The molecule has 0 radical (unpaired) electrons. The van der Waals surface area contributed by atoms with E-state index in [1.807, 2.05) is 42.5 Å². The second kappa shape index (κ2) is 8.66. The zero-order valence-electron chi connectivity index (χ0n) is 17.4. The topological polar surface area (TPSA) is 46.2 Å². The molecule has 1 fully saturated rings. The van der Waals surface area contributed by atoms with Crippen LogP contribution in [0.1, 0.15) is 33.3 Å². The van der Waals surface area contributed by atoms with E-state index >= 15 is 0 Å². The van der Waals surface area contributed by atoms with E-state index in [9.17, 15) is 0 Å². The first kappa shape index (κ1) is 20.9. The molecule has 0 bridgehead atoms. The maximum atomic E-state index is 6.28. The molecule has 5 nitrogen and oxygen atoms in total. The molecule has 0 saturated carbocycles. The van der Waals surface area contributed by atoms with Crippen LogP contribution in [0, 0.1) is 0 Å². The summed E-state index contributed by atoms with van der Waals surface area (Å²) in [6.07, 6.45) is 0.731. The average Bonchev–Trinajstić information content (AvgIpc) is 2.88. The Hall–Kier alpha value is -1.86. The zero-order chi connectivity index (χ0) is 20.2. The van der Waals surface area contributed by atoms with Crippen LogP contribution in [0.25, 0.3) is 0 Å². The van der Waals surface area contributed by atoms with Crippen molar-refractivity contribution in [2.24, 2.45) is 0 Å². The van der Waals surface area contributed by atoms with E-state index in [-0.39, 0.29) is 6.79 Å². The Morgan fingerprint density at radius 2 is 1.57 bits per heavy atom. The molecule has 0 spiro atoms. The molecule has 6 heteroatoms. The minimum absolute atomic E-state index is 0.279. The molecule has 2 aromatic carbocycles. The third kappa shape index (κ3) is 4.76. The molecule has 1 aliphatic heterocycles. The molecule has 1 aliphatic rings. The number of methoxy groups -OCH3 is 1. The van der Waals surface area contributed by atoms with Gasteiger partial charge < -0.3 is 23.5 Å². The lowest BCUT2D eigenvalue weighted by Gasteiger charge is -2.32. The van der Waals surface area contributed by atoms with E-state index in [0.717, 1.165) is 28.9 Å². The lowest BCUT2D eigenvalue weighted by Crippen LogP contribution is -2.41. The van der Waals surface area contributed by atoms with Gasteiger partial charge >= 0.3 is 7.12 Å². The highest BCUT2D eigenvalue weighted by Gasteiger charge is 2.52. The van der Waals surface area contributed by atoms with Crippen molar-refractivity contribution < 1.29 is 23.5 Å². The fourth-order valence-corrected chi connectivity index (χ4v) is 3.00. The van der Waals surface area contributed by atoms with Gasteiger partial charge in [0, 0.05) is 7.11 Å². The summed E-state index contributed by atoms with van der Waals surface area (Å²) in [7, 11) is 1.16. The standard InChI is InChI=1S/C22H29BO5/c1-21(2)22(3,4)28-23(27-21)20-15-19(26-18-9-7-6-8-10-18)12-11-17(20)13-14-25-16-24-5/h6-12,15H,13-14,16H2,1-5H3. The van der Waals surface area contributed by atoms with E-state index < -0.39 is 18.3 Å². The van der Waals surface area contributed by atoms with Crippen molar-refractivity contribution in [2.45, 2.75) is 45.3 Å². The van der Waals surface area contributed by atoms with Crippen LogP contribution in [-0.2, 0) is 25.2 Å². The van der Waals surface area contributed by atoms with Gasteiger partial charge in [-0.2, -0.15) is 0 Å². The van der Waals surface area contributed by atoms with Crippen LogP contribution in [0.5, 0.6) is 11.5 Å². The summed E-state index contributed by atoms with van der Waals surface area (Å²) in [6, 6.07) is 15.7. The highest BCUT2D eigenvalue weighted by atomic mass is 16.7. The zero-order valence-corrected chi connectivity index (χ0v) is 17.4. The number of para-hydroxylation sites is 1. The number of hydrogen-bond acceptors (Lipinski definition) is 5. The Balaban J connectivity index is 1.86. The van der Waals surface area contributed by atoms with Crippen LogP contribution in [0.3, 0.4) is 0 Å². The van der Waals surface area contributed by atoms with Gasteiger partial charge in [-0.3, -0.25) is 0 Å². The van der Waals surface area contributed by atoms with Crippen molar-refractivity contribution in [3.05, 3.63) is 54.1 Å². The molecular formula is C22H29BO5. The second-order valence-electron chi connectivity index (χ2n) is 7.93.